The summed E-state index contributed by atoms with van der Waals surface area (Å²) < 4.78 is 5.23. The normalized spacial score (nSPS) is 26.6. The van der Waals surface area contributed by atoms with Crippen molar-refractivity contribution in [1.82, 2.24) is 4.90 Å². The number of benzene rings is 1. The molecule has 118 valence electrons. The first kappa shape index (κ1) is 16.3. The predicted molar refractivity (Wildman–Crippen MR) is 88.5 cm³/mol. The zero-order chi connectivity index (χ0) is 15.3. The Kier molecular flexibility index (Phi) is 5.65. The van der Waals surface area contributed by atoms with Crippen molar-refractivity contribution in [3.8, 4) is 5.75 Å². The van der Waals surface area contributed by atoms with Crippen LogP contribution in [-0.2, 0) is 6.54 Å². The third kappa shape index (κ3) is 3.98. The molecule has 21 heavy (non-hydrogen) atoms. The van der Waals surface area contributed by atoms with E-state index in [9.17, 15) is 0 Å². The van der Waals surface area contributed by atoms with E-state index >= 15 is 0 Å². The lowest BCUT2D eigenvalue weighted by Crippen LogP contribution is -2.51. The van der Waals surface area contributed by atoms with Crippen LogP contribution in [0, 0.1) is 5.92 Å². The van der Waals surface area contributed by atoms with Crippen molar-refractivity contribution in [2.45, 2.75) is 51.1 Å². The van der Waals surface area contributed by atoms with Crippen LogP contribution >= 0.6 is 0 Å². The Morgan fingerprint density at radius 2 is 1.95 bits per heavy atom. The maximum atomic E-state index is 6.19. The number of ether oxygens (including phenoxy) is 1. The number of methoxy groups -OCH3 is 1. The van der Waals surface area contributed by atoms with Crippen molar-refractivity contribution < 1.29 is 4.74 Å². The minimum atomic E-state index is 0.171. The first-order chi connectivity index (χ1) is 10.1. The molecular weight excluding hydrogens is 260 g/mol. The van der Waals surface area contributed by atoms with Crippen LogP contribution in [0.2, 0.25) is 0 Å². The number of hydrogen-bond donors (Lipinski definition) is 1. The van der Waals surface area contributed by atoms with Crippen molar-refractivity contribution in [3.05, 3.63) is 29.8 Å². The van der Waals surface area contributed by atoms with E-state index in [2.05, 4.69) is 31.0 Å². The first-order valence-electron chi connectivity index (χ1n) is 8.14. The minimum absolute atomic E-state index is 0.171. The summed E-state index contributed by atoms with van der Waals surface area (Å²) in [5.41, 5.74) is 7.69. The lowest BCUT2D eigenvalue weighted by Gasteiger charge is -2.41. The fourth-order valence-corrected chi connectivity index (χ4v) is 3.48. The van der Waals surface area contributed by atoms with E-state index in [0.717, 1.165) is 24.8 Å². The van der Waals surface area contributed by atoms with E-state index in [-0.39, 0.29) is 5.54 Å². The zero-order valence-corrected chi connectivity index (χ0v) is 13.8. The van der Waals surface area contributed by atoms with Crippen LogP contribution in [0.3, 0.4) is 0 Å². The van der Waals surface area contributed by atoms with Gasteiger partial charge in [0.1, 0.15) is 5.75 Å². The molecule has 1 aliphatic carbocycles. The van der Waals surface area contributed by atoms with Gasteiger partial charge in [0, 0.05) is 18.6 Å². The fourth-order valence-electron chi connectivity index (χ4n) is 3.48. The molecule has 0 radical (unpaired) electrons. The molecular formula is C18H30N2O. The van der Waals surface area contributed by atoms with Gasteiger partial charge in [0.15, 0.2) is 0 Å². The third-order valence-corrected chi connectivity index (χ3v) is 5.21. The Balaban J connectivity index is 2.06. The lowest BCUT2D eigenvalue weighted by atomic mass is 9.87. The highest BCUT2D eigenvalue weighted by molar-refractivity contribution is 5.27. The summed E-state index contributed by atoms with van der Waals surface area (Å²) in [7, 11) is 3.93. The van der Waals surface area contributed by atoms with Crippen molar-refractivity contribution in [2.24, 2.45) is 11.7 Å². The summed E-state index contributed by atoms with van der Waals surface area (Å²) in [6.45, 7) is 4.08. The third-order valence-electron chi connectivity index (χ3n) is 5.21. The molecule has 0 saturated heterocycles. The topological polar surface area (TPSA) is 38.5 Å². The maximum Gasteiger partial charge on any atom is 0.118 e. The molecule has 1 aromatic rings. The van der Waals surface area contributed by atoms with Crippen LogP contribution in [0.25, 0.3) is 0 Å². The molecule has 0 heterocycles. The molecule has 1 saturated carbocycles. The van der Waals surface area contributed by atoms with Gasteiger partial charge in [-0.1, -0.05) is 31.9 Å². The van der Waals surface area contributed by atoms with Gasteiger partial charge in [-0.15, -0.1) is 0 Å². The van der Waals surface area contributed by atoms with Crippen LogP contribution < -0.4 is 10.5 Å². The molecule has 0 spiro atoms. The van der Waals surface area contributed by atoms with Crippen LogP contribution in [0.15, 0.2) is 24.3 Å². The molecule has 0 bridgehead atoms. The Morgan fingerprint density at radius 3 is 2.57 bits per heavy atom. The predicted octanol–water partition coefficient (Wildman–Crippen LogP) is 3.42. The molecule has 3 heteroatoms. The second-order valence-corrected chi connectivity index (χ2v) is 6.67. The van der Waals surface area contributed by atoms with Crippen LogP contribution in [0.4, 0.5) is 0 Å². The van der Waals surface area contributed by atoms with Crippen molar-refractivity contribution >= 4 is 0 Å². The summed E-state index contributed by atoms with van der Waals surface area (Å²) in [6.07, 6.45) is 6.38. The van der Waals surface area contributed by atoms with Gasteiger partial charge in [-0.3, -0.25) is 4.90 Å². The Morgan fingerprint density at radius 1 is 1.24 bits per heavy atom. The number of nitrogens with zero attached hydrogens (tertiary/aromatic N) is 1. The SMILES string of the molecule is COc1ccc(CN(C)C2(CN)CCCC(C)CC2)cc1. The molecule has 2 unspecified atom stereocenters. The molecule has 2 atom stereocenters. The van der Waals surface area contributed by atoms with Crippen molar-refractivity contribution in [1.29, 1.82) is 0 Å². The largest absolute Gasteiger partial charge is 0.497 e. The average Bonchev–Trinajstić information content (AvgIpc) is 2.70. The molecule has 1 aliphatic rings. The Bertz CT molecular complexity index is 431. The minimum Gasteiger partial charge on any atom is -0.497 e. The van der Waals surface area contributed by atoms with Crippen molar-refractivity contribution in [3.63, 3.8) is 0 Å². The monoisotopic (exact) mass is 290 g/mol. The zero-order valence-electron chi connectivity index (χ0n) is 13.8. The molecule has 0 aromatic heterocycles. The standard InChI is InChI=1S/C18H30N2O/c1-15-5-4-11-18(14-19,12-10-15)20(2)13-16-6-8-17(21-3)9-7-16/h6-9,15H,4-5,10-14,19H2,1-3H3. The summed E-state index contributed by atoms with van der Waals surface area (Å²) in [4.78, 5) is 2.48. The number of hydrogen-bond acceptors (Lipinski definition) is 3. The average molecular weight is 290 g/mol. The van der Waals surface area contributed by atoms with E-state index in [4.69, 9.17) is 10.5 Å². The quantitative estimate of drug-likeness (QED) is 0.844. The van der Waals surface area contributed by atoms with E-state index in [0.29, 0.717) is 0 Å². The van der Waals surface area contributed by atoms with Crippen molar-refractivity contribution in [2.75, 3.05) is 20.7 Å². The molecule has 0 aliphatic heterocycles. The smallest absolute Gasteiger partial charge is 0.118 e. The molecule has 2 rings (SSSR count). The van der Waals surface area contributed by atoms with E-state index in [1.807, 2.05) is 12.1 Å². The second-order valence-electron chi connectivity index (χ2n) is 6.67. The van der Waals surface area contributed by atoms with Gasteiger partial charge in [-0.2, -0.15) is 0 Å². The van der Waals surface area contributed by atoms with Gasteiger partial charge < -0.3 is 10.5 Å². The number of rotatable bonds is 5. The fraction of sp³-hybridized carbons (Fsp3) is 0.667. The van der Waals surface area contributed by atoms with Gasteiger partial charge in [-0.25, -0.2) is 0 Å². The van der Waals surface area contributed by atoms with Crippen LogP contribution in [0.1, 0.15) is 44.6 Å². The summed E-state index contributed by atoms with van der Waals surface area (Å²) >= 11 is 0. The summed E-state index contributed by atoms with van der Waals surface area (Å²) in [5.74, 6) is 1.76. The van der Waals surface area contributed by atoms with Crippen LogP contribution in [0.5, 0.6) is 5.75 Å². The Hall–Kier alpha value is -1.06. The highest BCUT2D eigenvalue weighted by Crippen LogP contribution is 2.34. The number of likely N-dealkylation sites (N-methyl/N-ethyl adjacent to an activating group) is 1. The highest BCUT2D eigenvalue weighted by atomic mass is 16.5. The van der Waals surface area contributed by atoms with Gasteiger partial charge in [0.2, 0.25) is 0 Å². The maximum absolute atomic E-state index is 6.19. The van der Waals surface area contributed by atoms with Crippen LogP contribution in [-0.4, -0.2) is 31.1 Å². The molecule has 0 amide bonds. The Labute approximate surface area is 129 Å². The molecule has 2 N–H and O–H groups in total. The molecule has 1 fully saturated rings. The second kappa shape index (κ2) is 7.28. The van der Waals surface area contributed by atoms with Gasteiger partial charge >= 0.3 is 0 Å². The van der Waals surface area contributed by atoms with Gasteiger partial charge in [-0.05, 0) is 49.9 Å². The first-order valence-corrected chi connectivity index (χ1v) is 8.14. The van der Waals surface area contributed by atoms with E-state index in [1.54, 1.807) is 7.11 Å². The van der Waals surface area contributed by atoms with Gasteiger partial charge in [0.05, 0.1) is 7.11 Å². The molecule has 1 aromatic carbocycles. The summed E-state index contributed by atoms with van der Waals surface area (Å²) in [6, 6.07) is 8.37. The van der Waals surface area contributed by atoms with Gasteiger partial charge in [0.25, 0.3) is 0 Å². The van der Waals surface area contributed by atoms with E-state index in [1.165, 1.54) is 37.7 Å². The highest BCUT2D eigenvalue weighted by Gasteiger charge is 2.34. The number of nitrogens with two attached hydrogens (primary N) is 1. The van der Waals surface area contributed by atoms with E-state index < -0.39 is 0 Å². The lowest BCUT2D eigenvalue weighted by molar-refractivity contribution is 0.0986. The molecule has 3 nitrogen and oxygen atoms in total. The summed E-state index contributed by atoms with van der Waals surface area (Å²) in [5, 5.41) is 0.